The van der Waals surface area contributed by atoms with Gasteiger partial charge in [0, 0.05) is 17.3 Å². The first-order valence-electron chi connectivity index (χ1n) is 7.37. The first-order valence-corrected chi connectivity index (χ1v) is 7.74. The van der Waals surface area contributed by atoms with E-state index in [1.807, 2.05) is 6.92 Å². The van der Waals surface area contributed by atoms with Crippen LogP contribution in [0.5, 0.6) is 0 Å². The predicted molar refractivity (Wildman–Crippen MR) is 86.5 cm³/mol. The zero-order chi connectivity index (χ0) is 17.4. The van der Waals surface area contributed by atoms with Crippen LogP contribution in [0.15, 0.2) is 29.1 Å². The van der Waals surface area contributed by atoms with E-state index in [-0.39, 0.29) is 16.7 Å². The third kappa shape index (κ3) is 3.05. The number of nitrogens with zero attached hydrogens (tertiary/aromatic N) is 2. The van der Waals surface area contributed by atoms with Crippen molar-refractivity contribution in [2.24, 2.45) is 0 Å². The van der Waals surface area contributed by atoms with Crippen LogP contribution in [0.2, 0.25) is 5.02 Å². The summed E-state index contributed by atoms with van der Waals surface area (Å²) < 4.78 is 19.7. The first-order chi connectivity index (χ1) is 11.4. The molecule has 1 amide bonds. The van der Waals surface area contributed by atoms with Crippen LogP contribution >= 0.6 is 11.6 Å². The maximum atomic E-state index is 13.2. The van der Waals surface area contributed by atoms with Gasteiger partial charge in [0.05, 0.1) is 23.4 Å². The molecule has 2 aromatic rings. The van der Waals surface area contributed by atoms with Crippen molar-refractivity contribution in [1.82, 2.24) is 9.78 Å². The number of halogens is 2. The van der Waals surface area contributed by atoms with Crippen LogP contribution in [0.25, 0.3) is 0 Å². The van der Waals surface area contributed by atoms with Gasteiger partial charge < -0.3 is 10.1 Å². The van der Waals surface area contributed by atoms with Gasteiger partial charge in [0.2, 0.25) is 5.91 Å². The van der Waals surface area contributed by atoms with E-state index in [9.17, 15) is 14.0 Å². The Labute approximate surface area is 142 Å². The minimum absolute atomic E-state index is 0.0979. The highest BCUT2D eigenvalue weighted by atomic mass is 35.5. The van der Waals surface area contributed by atoms with Gasteiger partial charge in [-0.3, -0.25) is 9.59 Å². The minimum Gasteiger partial charge on any atom is -0.367 e. The van der Waals surface area contributed by atoms with Crippen molar-refractivity contribution in [1.29, 1.82) is 0 Å². The van der Waals surface area contributed by atoms with Crippen molar-refractivity contribution in [2.45, 2.75) is 32.6 Å². The Kier molecular flexibility index (Phi) is 4.38. The molecule has 1 aromatic heterocycles. The number of hydrogen-bond donors (Lipinski definition) is 1. The van der Waals surface area contributed by atoms with Gasteiger partial charge in [-0.1, -0.05) is 11.6 Å². The number of carbonyl (C=O) groups excluding carboxylic acids is 1. The summed E-state index contributed by atoms with van der Waals surface area (Å²) in [5.74, 6) is -1.04. The number of hydrogen-bond acceptors (Lipinski definition) is 4. The van der Waals surface area contributed by atoms with Crippen molar-refractivity contribution in [3.05, 3.63) is 56.7 Å². The van der Waals surface area contributed by atoms with Crippen molar-refractivity contribution < 1.29 is 13.9 Å². The molecule has 0 fully saturated rings. The fraction of sp³-hybridized carbons (Fsp3) is 0.312. The Balaban J connectivity index is 1.84. The molecule has 6 nitrogen and oxygen atoms in total. The Morgan fingerprint density at radius 3 is 2.96 bits per heavy atom. The van der Waals surface area contributed by atoms with Crippen molar-refractivity contribution >= 4 is 23.2 Å². The van der Waals surface area contributed by atoms with Crippen LogP contribution in [0, 0.1) is 5.82 Å². The molecule has 0 saturated heterocycles. The lowest BCUT2D eigenvalue weighted by Crippen LogP contribution is -2.34. The summed E-state index contributed by atoms with van der Waals surface area (Å²) in [4.78, 5) is 24.5. The molecule has 0 radical (unpaired) electrons. The van der Waals surface area contributed by atoms with Crippen LogP contribution in [-0.4, -0.2) is 15.7 Å². The Hall–Kier alpha value is -2.25. The molecular weight excluding hydrogens is 337 g/mol. The highest BCUT2D eigenvalue weighted by Gasteiger charge is 2.25. The number of nitrogens with one attached hydrogen (secondary N) is 1. The third-order valence-electron chi connectivity index (χ3n) is 3.88. The highest BCUT2D eigenvalue weighted by molar-refractivity contribution is 6.31. The monoisotopic (exact) mass is 351 g/mol. The summed E-state index contributed by atoms with van der Waals surface area (Å²) in [6, 6.07) is 4.43. The number of benzene rings is 1. The fourth-order valence-corrected chi connectivity index (χ4v) is 2.66. The van der Waals surface area contributed by atoms with E-state index in [4.69, 9.17) is 16.3 Å². The maximum Gasteiger partial charge on any atom is 0.267 e. The van der Waals surface area contributed by atoms with Gasteiger partial charge in [-0.05, 0) is 32.0 Å². The third-order valence-corrected chi connectivity index (χ3v) is 4.16. The van der Waals surface area contributed by atoms with E-state index in [1.165, 1.54) is 18.2 Å². The topological polar surface area (TPSA) is 73.2 Å². The van der Waals surface area contributed by atoms with E-state index < -0.39 is 17.8 Å². The molecular formula is C16H15ClFN3O3. The number of anilines is 1. The molecule has 1 aliphatic rings. The SMILES string of the molecule is CC1OCc2cc(=O)n(C(C)C(=O)Nc3ccc(F)c(Cl)c3)nc21. The van der Waals surface area contributed by atoms with Crippen LogP contribution in [0.1, 0.15) is 37.3 Å². The zero-order valence-corrected chi connectivity index (χ0v) is 13.8. The highest BCUT2D eigenvalue weighted by Crippen LogP contribution is 2.27. The average Bonchev–Trinajstić information content (AvgIpc) is 2.89. The number of carbonyl (C=O) groups is 1. The normalized spacial score (nSPS) is 17.4. The molecule has 2 atom stereocenters. The molecule has 1 aromatic carbocycles. The van der Waals surface area contributed by atoms with Crippen molar-refractivity contribution in [2.75, 3.05) is 5.32 Å². The van der Waals surface area contributed by atoms with E-state index in [2.05, 4.69) is 10.4 Å². The lowest BCUT2D eigenvalue weighted by Gasteiger charge is -2.15. The number of amides is 1. The molecule has 2 heterocycles. The second kappa shape index (κ2) is 6.33. The van der Waals surface area contributed by atoms with Crippen molar-refractivity contribution in [3.8, 4) is 0 Å². The maximum absolute atomic E-state index is 13.2. The summed E-state index contributed by atoms with van der Waals surface area (Å²) in [5, 5.41) is 6.76. The average molecular weight is 352 g/mol. The molecule has 1 N–H and O–H groups in total. The summed E-state index contributed by atoms with van der Waals surface area (Å²) in [6.07, 6.45) is -0.224. The second-order valence-corrected chi connectivity index (χ2v) is 5.99. The molecule has 8 heteroatoms. The smallest absolute Gasteiger partial charge is 0.267 e. The van der Waals surface area contributed by atoms with Gasteiger partial charge in [0.1, 0.15) is 11.9 Å². The van der Waals surface area contributed by atoms with Gasteiger partial charge in [0.25, 0.3) is 5.56 Å². The quantitative estimate of drug-likeness (QED) is 0.922. The Morgan fingerprint density at radius 2 is 2.25 bits per heavy atom. The van der Waals surface area contributed by atoms with Gasteiger partial charge in [0.15, 0.2) is 0 Å². The number of rotatable bonds is 3. The lowest BCUT2D eigenvalue weighted by atomic mass is 10.2. The first kappa shape index (κ1) is 16.6. The van der Waals surface area contributed by atoms with Crippen LogP contribution in [0.3, 0.4) is 0 Å². The molecule has 1 aliphatic heterocycles. The minimum atomic E-state index is -0.848. The largest absolute Gasteiger partial charge is 0.367 e. The van der Waals surface area contributed by atoms with Crippen molar-refractivity contribution in [3.63, 3.8) is 0 Å². The molecule has 0 aliphatic carbocycles. The Bertz CT molecular complexity index is 868. The van der Waals surface area contributed by atoms with Gasteiger partial charge in [-0.25, -0.2) is 9.07 Å². The number of fused-ring (bicyclic) bond motifs is 1. The van der Waals surface area contributed by atoms with Gasteiger partial charge in [-0.15, -0.1) is 0 Å². The standard InChI is InChI=1S/C16H15ClFN3O3/c1-8(16(23)19-11-3-4-13(18)12(17)6-11)21-14(22)5-10-7-24-9(2)15(10)20-21/h3-6,8-9H,7H2,1-2H3,(H,19,23). The second-order valence-electron chi connectivity index (χ2n) is 5.58. The summed E-state index contributed by atoms with van der Waals surface area (Å²) >= 11 is 5.69. The predicted octanol–water partition coefficient (Wildman–Crippen LogP) is 2.83. The van der Waals surface area contributed by atoms with Crippen LogP contribution in [0.4, 0.5) is 10.1 Å². The molecule has 0 spiro atoms. The number of ether oxygens (including phenoxy) is 1. The molecule has 126 valence electrons. The van der Waals surface area contributed by atoms with Gasteiger partial charge >= 0.3 is 0 Å². The Morgan fingerprint density at radius 1 is 1.50 bits per heavy atom. The molecule has 3 rings (SSSR count). The van der Waals surface area contributed by atoms with E-state index >= 15 is 0 Å². The molecule has 0 bridgehead atoms. The van der Waals surface area contributed by atoms with Crippen LogP contribution in [-0.2, 0) is 16.1 Å². The van der Waals surface area contributed by atoms with Crippen LogP contribution < -0.4 is 10.9 Å². The van der Waals surface area contributed by atoms with E-state index in [0.717, 1.165) is 16.3 Å². The summed E-state index contributed by atoms with van der Waals surface area (Å²) in [7, 11) is 0. The molecule has 2 unspecified atom stereocenters. The lowest BCUT2D eigenvalue weighted by molar-refractivity contribution is -0.119. The summed E-state index contributed by atoms with van der Waals surface area (Å²) in [6.45, 7) is 3.73. The van der Waals surface area contributed by atoms with Gasteiger partial charge in [-0.2, -0.15) is 5.10 Å². The van der Waals surface area contributed by atoms with E-state index in [1.54, 1.807) is 6.92 Å². The molecule has 0 saturated carbocycles. The zero-order valence-electron chi connectivity index (χ0n) is 13.0. The number of aromatic nitrogens is 2. The molecule has 24 heavy (non-hydrogen) atoms. The van der Waals surface area contributed by atoms with E-state index in [0.29, 0.717) is 18.0 Å². The fourth-order valence-electron chi connectivity index (χ4n) is 2.48. The summed E-state index contributed by atoms with van der Waals surface area (Å²) in [5.41, 5.74) is 1.34.